The molecule has 0 saturated carbocycles. The predicted molar refractivity (Wildman–Crippen MR) is 14.7 cm³/mol. The summed E-state index contributed by atoms with van der Waals surface area (Å²) >= 11 is 0. The Bertz CT molecular complexity index is 6.00. The van der Waals surface area contributed by atoms with Crippen LogP contribution in [0, 0.1) is 0 Å². The van der Waals surface area contributed by atoms with Crippen molar-refractivity contribution in [3.63, 3.8) is 0 Å². The van der Waals surface area contributed by atoms with Gasteiger partial charge in [-0.3, -0.25) is 0 Å². The SMILES string of the molecule is [Co+2].[Fe+2].[S-2].[S-2]. The summed E-state index contributed by atoms with van der Waals surface area (Å²) in [6, 6.07) is 0. The Morgan fingerprint density at radius 2 is 0.750 bits per heavy atom. The molecule has 0 rings (SSSR count). The quantitative estimate of drug-likeness (QED) is 0.458. The van der Waals surface area contributed by atoms with Crippen LogP contribution in [0.1, 0.15) is 0 Å². The molecule has 0 nitrogen and oxygen atoms in total. The maximum atomic E-state index is 0. The summed E-state index contributed by atoms with van der Waals surface area (Å²) in [6.45, 7) is 0. The molecule has 29 valence electrons. The van der Waals surface area contributed by atoms with Crippen LogP contribution in [-0.2, 0) is 60.8 Å². The van der Waals surface area contributed by atoms with Crippen molar-refractivity contribution in [2.45, 2.75) is 0 Å². The Morgan fingerprint density at radius 1 is 0.750 bits per heavy atom. The largest absolute Gasteiger partial charge is 2.00 e. The van der Waals surface area contributed by atoms with E-state index in [0.717, 1.165) is 0 Å². The van der Waals surface area contributed by atoms with Crippen molar-refractivity contribution in [2.75, 3.05) is 0 Å². The van der Waals surface area contributed by atoms with E-state index >= 15 is 0 Å². The molecule has 0 N–H and O–H groups in total. The van der Waals surface area contributed by atoms with Crippen molar-refractivity contribution < 1.29 is 33.8 Å². The first-order chi connectivity index (χ1) is 0. The minimum Gasteiger partial charge on any atom is -2.00 e. The molecule has 0 heterocycles. The second kappa shape index (κ2) is 22.0. The van der Waals surface area contributed by atoms with Gasteiger partial charge in [0.2, 0.25) is 0 Å². The van der Waals surface area contributed by atoms with Crippen molar-refractivity contribution >= 4 is 27.0 Å². The first-order valence-electron chi connectivity index (χ1n) is 0. The molecule has 0 aliphatic carbocycles. The van der Waals surface area contributed by atoms with E-state index in [4.69, 9.17) is 0 Å². The summed E-state index contributed by atoms with van der Waals surface area (Å²) in [7, 11) is 0. The topological polar surface area (TPSA) is 0 Å². The average Bonchev–Trinajstić information content (AvgIpc) is 0. The summed E-state index contributed by atoms with van der Waals surface area (Å²) in [5, 5.41) is 0. The molecule has 0 unspecified atom stereocenters. The summed E-state index contributed by atoms with van der Waals surface area (Å²) in [5.74, 6) is 0. The monoisotopic (exact) mass is 179 g/mol. The van der Waals surface area contributed by atoms with Crippen LogP contribution in [0.15, 0.2) is 0 Å². The van der Waals surface area contributed by atoms with Crippen LogP contribution in [0.25, 0.3) is 0 Å². The summed E-state index contributed by atoms with van der Waals surface area (Å²) < 4.78 is 0. The zero-order chi connectivity index (χ0) is 0. The molecule has 4 heavy (non-hydrogen) atoms. The van der Waals surface area contributed by atoms with Gasteiger partial charge < -0.3 is 27.0 Å². The Hall–Kier alpha value is 1.73. The third-order valence-electron chi connectivity index (χ3n) is 0. The maximum absolute atomic E-state index is 0. The van der Waals surface area contributed by atoms with Crippen LogP contribution in [0.5, 0.6) is 0 Å². The molecule has 0 aliphatic rings. The van der Waals surface area contributed by atoms with Crippen LogP contribution in [-0.4, -0.2) is 0 Å². The van der Waals surface area contributed by atoms with Gasteiger partial charge in [-0.15, -0.1) is 0 Å². The van der Waals surface area contributed by atoms with Crippen molar-refractivity contribution in [3.8, 4) is 0 Å². The molecule has 0 atom stereocenters. The molecule has 0 amide bonds. The first-order valence-corrected chi connectivity index (χ1v) is 0. The molecule has 4 heteroatoms. The van der Waals surface area contributed by atoms with Gasteiger partial charge in [0.05, 0.1) is 0 Å². The van der Waals surface area contributed by atoms with Crippen LogP contribution >= 0.6 is 0 Å². The standard InChI is InChI=1S/Co.Fe.2S/q2*+2;2*-2. The van der Waals surface area contributed by atoms with E-state index in [9.17, 15) is 0 Å². The summed E-state index contributed by atoms with van der Waals surface area (Å²) in [4.78, 5) is 0. The molecular weight excluding hydrogens is 179 g/mol. The van der Waals surface area contributed by atoms with Crippen LogP contribution < -0.4 is 0 Å². The van der Waals surface area contributed by atoms with Crippen LogP contribution in [0.2, 0.25) is 0 Å². The number of hydrogen-bond donors (Lipinski definition) is 0. The second-order valence-electron chi connectivity index (χ2n) is 0. The zero-order valence-corrected chi connectivity index (χ0v) is 5.28. The van der Waals surface area contributed by atoms with Gasteiger partial charge in [-0.05, 0) is 0 Å². The first kappa shape index (κ1) is 42.9. The van der Waals surface area contributed by atoms with Crippen molar-refractivity contribution in [2.24, 2.45) is 0 Å². The maximum Gasteiger partial charge on any atom is 2.00 e. The average molecular weight is 179 g/mol. The summed E-state index contributed by atoms with van der Waals surface area (Å²) in [6.07, 6.45) is 0. The molecule has 0 aromatic heterocycles. The molecule has 0 aromatic carbocycles. The van der Waals surface area contributed by atoms with E-state index in [0.29, 0.717) is 0 Å². The van der Waals surface area contributed by atoms with Gasteiger partial charge in [0.15, 0.2) is 0 Å². The smallest absolute Gasteiger partial charge is 2.00 e. The van der Waals surface area contributed by atoms with E-state index in [-0.39, 0.29) is 60.8 Å². The van der Waals surface area contributed by atoms with E-state index < -0.39 is 0 Å². The molecule has 0 saturated heterocycles. The summed E-state index contributed by atoms with van der Waals surface area (Å²) in [5.41, 5.74) is 0. The zero-order valence-electron chi connectivity index (χ0n) is 1.50. The molecular formula is CoFeS2. The molecule has 0 aromatic rings. The Morgan fingerprint density at radius 3 is 0.750 bits per heavy atom. The van der Waals surface area contributed by atoms with Crippen molar-refractivity contribution in [3.05, 3.63) is 0 Å². The Balaban J connectivity index is 0. The molecule has 0 aliphatic heterocycles. The van der Waals surface area contributed by atoms with Crippen LogP contribution in [0.3, 0.4) is 0 Å². The van der Waals surface area contributed by atoms with E-state index in [1.807, 2.05) is 0 Å². The van der Waals surface area contributed by atoms with Gasteiger partial charge in [-0.1, -0.05) is 0 Å². The fourth-order valence-corrected chi connectivity index (χ4v) is 0. The normalized spacial score (nSPS) is 0. The third-order valence-corrected chi connectivity index (χ3v) is 0. The van der Waals surface area contributed by atoms with Gasteiger partial charge >= 0.3 is 33.8 Å². The minimum atomic E-state index is 0. The predicted octanol–water partition coefficient (Wildman–Crippen LogP) is -0.00980. The van der Waals surface area contributed by atoms with Gasteiger partial charge in [0.1, 0.15) is 0 Å². The van der Waals surface area contributed by atoms with Gasteiger partial charge in [0, 0.05) is 0 Å². The van der Waals surface area contributed by atoms with Gasteiger partial charge in [-0.25, -0.2) is 0 Å². The molecule has 0 bridgehead atoms. The van der Waals surface area contributed by atoms with Crippen LogP contribution in [0.4, 0.5) is 0 Å². The Kier molecular flexibility index (Phi) is 236. The van der Waals surface area contributed by atoms with Gasteiger partial charge in [-0.2, -0.15) is 0 Å². The van der Waals surface area contributed by atoms with E-state index in [1.54, 1.807) is 0 Å². The fraction of sp³-hybridized carbons (Fsp3) is 0. The van der Waals surface area contributed by atoms with E-state index in [1.165, 1.54) is 0 Å². The second-order valence-corrected chi connectivity index (χ2v) is 0. The Labute approximate surface area is 60.7 Å². The molecule has 0 fully saturated rings. The number of rotatable bonds is 0. The van der Waals surface area contributed by atoms with Gasteiger partial charge in [0.25, 0.3) is 0 Å². The van der Waals surface area contributed by atoms with Crippen molar-refractivity contribution in [1.82, 2.24) is 0 Å². The van der Waals surface area contributed by atoms with Crippen molar-refractivity contribution in [1.29, 1.82) is 0 Å². The third kappa shape index (κ3) is 9.29. The fourth-order valence-electron chi connectivity index (χ4n) is 0. The van der Waals surface area contributed by atoms with E-state index in [2.05, 4.69) is 0 Å². The molecule has 1 radical (unpaired) electrons. The number of hydrogen-bond acceptors (Lipinski definition) is 0. The minimum absolute atomic E-state index is 0. The molecule has 0 spiro atoms.